The molecule has 0 fully saturated rings. The van der Waals surface area contributed by atoms with Gasteiger partial charge in [-0.05, 0) is 38.5 Å². The zero-order chi connectivity index (χ0) is 21.3. The number of hydrogen-bond donors (Lipinski definition) is 5. The summed E-state index contributed by atoms with van der Waals surface area (Å²) in [5.74, 6) is -2.51. The van der Waals surface area contributed by atoms with Crippen molar-refractivity contribution in [1.82, 2.24) is 10.3 Å². The first-order valence-corrected chi connectivity index (χ1v) is 8.59. The average molecular weight is 387 g/mol. The number of nitrogens with one attached hydrogen (secondary N) is 2. The molecule has 2 rings (SSSR count). The van der Waals surface area contributed by atoms with Crippen LogP contribution >= 0.6 is 0 Å². The molecule has 0 unspecified atom stereocenters. The van der Waals surface area contributed by atoms with Crippen molar-refractivity contribution in [3.63, 3.8) is 0 Å². The standard InChI is InChI=1S/C16H21N3O.C4H4O4/c1-16(2,3)18-10-13(20)7-11-5-4-6-15-14(11)8-12(9-17)19-15;5-3(6)1-2-4(7)8/h4-6,8,13,18-20H,7,10H2,1-3H3;1-2H,(H,5,6)(H,7,8)/b;2-1+/t13-;/m0./s1. The molecule has 8 nitrogen and oxygen atoms in total. The van der Waals surface area contributed by atoms with E-state index < -0.39 is 18.0 Å². The van der Waals surface area contributed by atoms with Crippen LogP contribution in [0.3, 0.4) is 0 Å². The highest BCUT2D eigenvalue weighted by Crippen LogP contribution is 2.21. The van der Waals surface area contributed by atoms with Gasteiger partial charge in [-0.3, -0.25) is 0 Å². The number of nitrogens with zero attached hydrogens (tertiary/aromatic N) is 1. The van der Waals surface area contributed by atoms with Gasteiger partial charge in [0, 0.05) is 41.6 Å². The average Bonchev–Trinajstić information content (AvgIpc) is 3.03. The predicted octanol–water partition coefficient (Wildman–Crippen LogP) is 2.04. The van der Waals surface area contributed by atoms with Gasteiger partial charge in [0.15, 0.2) is 0 Å². The van der Waals surface area contributed by atoms with Crippen LogP contribution in [0.4, 0.5) is 0 Å². The fourth-order valence-corrected chi connectivity index (χ4v) is 2.35. The minimum absolute atomic E-state index is 0.00491. The second-order valence-corrected chi connectivity index (χ2v) is 7.17. The lowest BCUT2D eigenvalue weighted by molar-refractivity contribution is -0.134. The van der Waals surface area contributed by atoms with Crippen molar-refractivity contribution in [2.45, 2.75) is 38.8 Å². The van der Waals surface area contributed by atoms with Crippen molar-refractivity contribution >= 4 is 22.8 Å². The van der Waals surface area contributed by atoms with Crippen LogP contribution in [0, 0.1) is 11.3 Å². The van der Waals surface area contributed by atoms with E-state index in [1.165, 1.54) is 0 Å². The number of carboxylic acid groups (broad SMARTS) is 2. The SMILES string of the molecule is CC(C)(C)NC[C@@H](O)Cc1cccc2[nH]c(C#N)cc12.O=C(O)/C=C/C(=O)O. The molecule has 5 N–H and O–H groups in total. The van der Waals surface area contributed by atoms with Crippen LogP contribution in [-0.4, -0.2) is 50.4 Å². The number of aliphatic carboxylic acids is 2. The second-order valence-electron chi connectivity index (χ2n) is 7.17. The maximum atomic E-state index is 10.2. The number of hydrogen-bond acceptors (Lipinski definition) is 5. The van der Waals surface area contributed by atoms with Crippen LogP contribution in [0.5, 0.6) is 0 Å². The second kappa shape index (κ2) is 10.3. The summed E-state index contributed by atoms with van der Waals surface area (Å²) >= 11 is 0. The Kier molecular flexibility index (Phi) is 8.38. The Bertz CT molecular complexity index is 871. The monoisotopic (exact) mass is 387 g/mol. The maximum absolute atomic E-state index is 10.2. The van der Waals surface area contributed by atoms with E-state index >= 15 is 0 Å². The lowest BCUT2D eigenvalue weighted by Crippen LogP contribution is -2.41. The first-order chi connectivity index (χ1) is 13.0. The maximum Gasteiger partial charge on any atom is 0.328 e. The van der Waals surface area contributed by atoms with Crippen LogP contribution in [-0.2, 0) is 16.0 Å². The number of nitriles is 1. The Morgan fingerprint density at radius 3 is 2.36 bits per heavy atom. The molecular formula is C20H25N3O5. The first kappa shape index (κ1) is 22.9. The summed E-state index contributed by atoms with van der Waals surface area (Å²) in [5.41, 5.74) is 2.54. The molecule has 0 saturated heterocycles. The molecule has 0 aliphatic rings. The highest BCUT2D eigenvalue weighted by Gasteiger charge is 2.14. The Hall–Kier alpha value is -3.15. The number of H-pyrrole nitrogens is 1. The molecule has 1 aromatic carbocycles. The molecule has 0 saturated carbocycles. The van der Waals surface area contributed by atoms with Crippen molar-refractivity contribution in [3.8, 4) is 6.07 Å². The number of aromatic amines is 1. The summed E-state index contributed by atoms with van der Waals surface area (Å²) in [5, 5.41) is 39.0. The van der Waals surface area contributed by atoms with Crippen LogP contribution in [0.2, 0.25) is 0 Å². The van der Waals surface area contributed by atoms with Gasteiger partial charge in [0.1, 0.15) is 11.8 Å². The third kappa shape index (κ3) is 8.49. The molecule has 2 aromatic rings. The fourth-order valence-electron chi connectivity index (χ4n) is 2.35. The van der Waals surface area contributed by atoms with E-state index in [0.717, 1.165) is 16.5 Å². The molecule has 0 bridgehead atoms. The van der Waals surface area contributed by atoms with Crippen molar-refractivity contribution in [1.29, 1.82) is 5.26 Å². The summed E-state index contributed by atoms with van der Waals surface area (Å²) in [6.45, 7) is 6.78. The number of rotatable bonds is 6. The minimum Gasteiger partial charge on any atom is -0.478 e. The number of benzene rings is 1. The largest absolute Gasteiger partial charge is 0.478 e. The van der Waals surface area contributed by atoms with Crippen LogP contribution in [0.15, 0.2) is 36.4 Å². The van der Waals surface area contributed by atoms with E-state index in [9.17, 15) is 14.7 Å². The summed E-state index contributed by atoms with van der Waals surface area (Å²) < 4.78 is 0. The van der Waals surface area contributed by atoms with Gasteiger partial charge < -0.3 is 25.6 Å². The third-order valence-corrected chi connectivity index (χ3v) is 3.57. The molecule has 0 aliphatic carbocycles. The zero-order valence-corrected chi connectivity index (χ0v) is 16.1. The molecular weight excluding hydrogens is 362 g/mol. The van der Waals surface area contributed by atoms with Crippen molar-refractivity contribution < 1.29 is 24.9 Å². The molecule has 1 heterocycles. The third-order valence-electron chi connectivity index (χ3n) is 3.57. The minimum atomic E-state index is -1.26. The number of aliphatic hydroxyl groups excluding tert-OH is 1. The number of carboxylic acids is 2. The normalized spacial score (nSPS) is 12.2. The van der Waals surface area contributed by atoms with E-state index in [1.807, 2.05) is 24.3 Å². The van der Waals surface area contributed by atoms with E-state index in [4.69, 9.17) is 15.5 Å². The van der Waals surface area contributed by atoms with Crippen LogP contribution in [0.1, 0.15) is 32.0 Å². The van der Waals surface area contributed by atoms with Crippen molar-refractivity contribution in [2.75, 3.05) is 6.54 Å². The molecule has 8 heteroatoms. The van der Waals surface area contributed by atoms with Gasteiger partial charge in [-0.1, -0.05) is 12.1 Å². The topological polar surface area (TPSA) is 146 Å². The molecule has 0 amide bonds. The van der Waals surface area contributed by atoms with E-state index in [2.05, 4.69) is 37.1 Å². The first-order valence-electron chi connectivity index (χ1n) is 8.59. The molecule has 150 valence electrons. The Balaban J connectivity index is 0.000000416. The molecule has 0 aliphatic heterocycles. The number of aliphatic hydroxyl groups is 1. The smallest absolute Gasteiger partial charge is 0.328 e. The van der Waals surface area contributed by atoms with Crippen LogP contribution < -0.4 is 5.32 Å². The molecule has 28 heavy (non-hydrogen) atoms. The Morgan fingerprint density at radius 2 is 1.86 bits per heavy atom. The van der Waals surface area contributed by atoms with Crippen molar-refractivity contribution in [3.05, 3.63) is 47.7 Å². The zero-order valence-electron chi connectivity index (χ0n) is 16.1. The summed E-state index contributed by atoms with van der Waals surface area (Å²) in [6.07, 6.45) is 1.24. The number of carbonyl (C=O) groups is 2. The van der Waals surface area contributed by atoms with Gasteiger partial charge in [0.25, 0.3) is 0 Å². The van der Waals surface area contributed by atoms with Gasteiger partial charge in [-0.15, -0.1) is 0 Å². The molecule has 0 spiro atoms. The molecule has 1 aromatic heterocycles. The molecule has 0 radical (unpaired) electrons. The van der Waals surface area contributed by atoms with Gasteiger partial charge in [-0.25, -0.2) is 9.59 Å². The van der Waals surface area contributed by atoms with Gasteiger partial charge >= 0.3 is 11.9 Å². The number of fused-ring (bicyclic) bond motifs is 1. The van der Waals surface area contributed by atoms with E-state index in [0.29, 0.717) is 30.8 Å². The lowest BCUT2D eigenvalue weighted by Gasteiger charge is -2.23. The van der Waals surface area contributed by atoms with Gasteiger partial charge in [-0.2, -0.15) is 5.26 Å². The van der Waals surface area contributed by atoms with Crippen LogP contribution in [0.25, 0.3) is 10.9 Å². The quantitative estimate of drug-likeness (QED) is 0.477. The Labute approximate surface area is 163 Å². The fraction of sp³-hybridized carbons (Fsp3) is 0.350. The predicted molar refractivity (Wildman–Crippen MR) is 105 cm³/mol. The van der Waals surface area contributed by atoms with E-state index in [1.54, 1.807) is 0 Å². The van der Waals surface area contributed by atoms with Crippen molar-refractivity contribution in [2.24, 2.45) is 0 Å². The summed E-state index contributed by atoms with van der Waals surface area (Å²) in [6, 6.07) is 9.84. The summed E-state index contributed by atoms with van der Waals surface area (Å²) in [7, 11) is 0. The highest BCUT2D eigenvalue weighted by molar-refractivity contribution is 5.89. The summed E-state index contributed by atoms with van der Waals surface area (Å²) in [4.78, 5) is 22.2. The van der Waals surface area contributed by atoms with Gasteiger partial charge in [0.05, 0.1) is 6.10 Å². The number of β-amino-alcohol motifs (C(OH)–C–C–N with tert-alkyl or cyclic N) is 1. The van der Waals surface area contributed by atoms with E-state index in [-0.39, 0.29) is 5.54 Å². The highest BCUT2D eigenvalue weighted by atomic mass is 16.4. The molecule has 1 atom stereocenters. The Morgan fingerprint density at radius 1 is 1.25 bits per heavy atom. The van der Waals surface area contributed by atoms with Gasteiger partial charge in [0.2, 0.25) is 0 Å². The number of aromatic nitrogens is 1. The lowest BCUT2D eigenvalue weighted by atomic mass is 10.0.